The van der Waals surface area contributed by atoms with Gasteiger partial charge in [0.2, 0.25) is 5.88 Å². The molecule has 96 valence electrons. The Balaban J connectivity index is 2.13. The van der Waals surface area contributed by atoms with Crippen molar-refractivity contribution < 1.29 is 4.74 Å². The van der Waals surface area contributed by atoms with Gasteiger partial charge in [0.05, 0.1) is 12.5 Å². The van der Waals surface area contributed by atoms with Crippen molar-refractivity contribution in [2.75, 3.05) is 12.8 Å². The lowest BCUT2D eigenvalue weighted by Crippen LogP contribution is -1.99. The van der Waals surface area contributed by atoms with Gasteiger partial charge in [-0.1, -0.05) is 0 Å². The third kappa shape index (κ3) is 2.08. The zero-order valence-electron chi connectivity index (χ0n) is 10.4. The highest BCUT2D eigenvalue weighted by Crippen LogP contribution is 2.28. The van der Waals surface area contributed by atoms with Gasteiger partial charge in [0.15, 0.2) is 5.82 Å². The first kappa shape index (κ1) is 11.8. The van der Waals surface area contributed by atoms with E-state index in [0.717, 1.165) is 15.1 Å². The van der Waals surface area contributed by atoms with Crippen molar-refractivity contribution in [1.29, 1.82) is 0 Å². The number of nitrogen functional groups attached to an aromatic ring is 1. The number of hydrogen-bond acceptors (Lipinski definition) is 7. The Hall–Kier alpha value is -2.28. The molecule has 0 saturated heterocycles. The third-order valence-electron chi connectivity index (χ3n) is 2.62. The molecule has 3 aromatic heterocycles. The van der Waals surface area contributed by atoms with Crippen molar-refractivity contribution in [3.05, 3.63) is 23.1 Å². The molecule has 19 heavy (non-hydrogen) atoms. The van der Waals surface area contributed by atoms with E-state index in [0.29, 0.717) is 23.2 Å². The first-order valence-corrected chi connectivity index (χ1v) is 6.41. The summed E-state index contributed by atoms with van der Waals surface area (Å²) in [5.74, 6) is 1.38. The van der Waals surface area contributed by atoms with Crippen LogP contribution in [0.2, 0.25) is 0 Å². The van der Waals surface area contributed by atoms with Gasteiger partial charge in [0.1, 0.15) is 16.3 Å². The molecule has 0 atom stereocenters. The van der Waals surface area contributed by atoms with Crippen LogP contribution in [-0.4, -0.2) is 27.3 Å². The molecule has 0 unspecified atom stereocenters. The van der Waals surface area contributed by atoms with Gasteiger partial charge in [0, 0.05) is 10.9 Å². The zero-order chi connectivity index (χ0) is 13.4. The fourth-order valence-corrected chi connectivity index (χ4v) is 2.61. The molecular formula is C12H11N5OS. The first-order valence-electron chi connectivity index (χ1n) is 5.59. The van der Waals surface area contributed by atoms with Crippen LogP contribution in [-0.2, 0) is 0 Å². The smallest absolute Gasteiger partial charge is 0.233 e. The molecule has 0 aliphatic carbocycles. The van der Waals surface area contributed by atoms with Crippen molar-refractivity contribution in [2.24, 2.45) is 0 Å². The molecule has 3 rings (SSSR count). The number of nitrogens with zero attached hydrogens (tertiary/aromatic N) is 4. The monoisotopic (exact) mass is 273 g/mol. The van der Waals surface area contributed by atoms with Gasteiger partial charge in [-0.25, -0.2) is 9.97 Å². The number of thiophene rings is 1. The van der Waals surface area contributed by atoms with Crippen molar-refractivity contribution >= 4 is 27.4 Å². The number of anilines is 1. The highest BCUT2D eigenvalue weighted by atomic mass is 32.1. The Morgan fingerprint density at radius 3 is 2.74 bits per heavy atom. The minimum absolute atomic E-state index is 0.449. The SMILES string of the molecule is COc1ccc(-c2nc(N)c3cc(C)sc3n2)nn1. The molecule has 0 aliphatic rings. The molecule has 7 heteroatoms. The molecule has 0 aromatic carbocycles. The van der Waals surface area contributed by atoms with Gasteiger partial charge >= 0.3 is 0 Å². The predicted octanol–water partition coefficient (Wildman–Crippen LogP) is 2.05. The lowest BCUT2D eigenvalue weighted by atomic mass is 10.3. The molecule has 2 N–H and O–H groups in total. The number of methoxy groups -OCH3 is 1. The fourth-order valence-electron chi connectivity index (χ4n) is 1.73. The van der Waals surface area contributed by atoms with Crippen molar-refractivity contribution in [1.82, 2.24) is 20.2 Å². The summed E-state index contributed by atoms with van der Waals surface area (Å²) < 4.78 is 4.97. The van der Waals surface area contributed by atoms with Crippen LogP contribution >= 0.6 is 11.3 Å². The van der Waals surface area contributed by atoms with E-state index in [2.05, 4.69) is 20.2 Å². The predicted molar refractivity (Wildman–Crippen MR) is 74.1 cm³/mol. The average molecular weight is 273 g/mol. The van der Waals surface area contributed by atoms with E-state index >= 15 is 0 Å². The van der Waals surface area contributed by atoms with Crippen molar-refractivity contribution in [2.45, 2.75) is 6.92 Å². The van der Waals surface area contributed by atoms with Gasteiger partial charge in [0.25, 0.3) is 0 Å². The Bertz CT molecular complexity index is 738. The molecule has 0 spiro atoms. The molecule has 3 aromatic rings. The Labute approximate surface area is 113 Å². The van der Waals surface area contributed by atoms with E-state index in [1.54, 1.807) is 30.6 Å². The second kappa shape index (κ2) is 4.43. The van der Waals surface area contributed by atoms with Crippen molar-refractivity contribution in [3.63, 3.8) is 0 Å². The maximum atomic E-state index is 5.95. The summed E-state index contributed by atoms with van der Waals surface area (Å²) in [7, 11) is 1.54. The highest BCUT2D eigenvalue weighted by molar-refractivity contribution is 7.18. The quantitative estimate of drug-likeness (QED) is 0.769. The van der Waals surface area contributed by atoms with Crippen LogP contribution in [0.5, 0.6) is 5.88 Å². The number of ether oxygens (including phenoxy) is 1. The Morgan fingerprint density at radius 2 is 2.05 bits per heavy atom. The van der Waals surface area contributed by atoms with Gasteiger partial charge in [-0.3, -0.25) is 0 Å². The van der Waals surface area contributed by atoms with Gasteiger partial charge < -0.3 is 10.5 Å². The van der Waals surface area contributed by atoms with Gasteiger partial charge in [-0.15, -0.1) is 21.5 Å². The summed E-state index contributed by atoms with van der Waals surface area (Å²) in [6, 6.07) is 5.46. The Morgan fingerprint density at radius 1 is 1.21 bits per heavy atom. The number of aryl methyl sites for hydroxylation is 1. The van der Waals surface area contributed by atoms with E-state index in [-0.39, 0.29) is 0 Å². The summed E-state index contributed by atoms with van der Waals surface area (Å²) in [5, 5.41) is 8.80. The maximum Gasteiger partial charge on any atom is 0.233 e. The summed E-state index contributed by atoms with van der Waals surface area (Å²) in [6.45, 7) is 2.01. The van der Waals surface area contributed by atoms with Crippen LogP contribution in [0.4, 0.5) is 5.82 Å². The van der Waals surface area contributed by atoms with Gasteiger partial charge in [-0.05, 0) is 19.1 Å². The molecule has 0 bridgehead atoms. The van der Waals surface area contributed by atoms with E-state index in [1.807, 2.05) is 13.0 Å². The van der Waals surface area contributed by atoms with E-state index in [9.17, 15) is 0 Å². The standard InChI is InChI=1S/C12H11N5OS/c1-6-5-7-10(13)14-11(15-12(7)19-6)8-3-4-9(18-2)17-16-8/h3-5H,1-2H3,(H2,13,14,15). The second-order valence-electron chi connectivity index (χ2n) is 3.97. The zero-order valence-corrected chi connectivity index (χ0v) is 11.2. The number of fused-ring (bicyclic) bond motifs is 1. The van der Waals surface area contributed by atoms with Crippen LogP contribution in [0.1, 0.15) is 4.88 Å². The number of aromatic nitrogens is 4. The first-order chi connectivity index (χ1) is 9.17. The van der Waals surface area contributed by atoms with Gasteiger partial charge in [-0.2, -0.15) is 0 Å². The summed E-state index contributed by atoms with van der Waals surface area (Å²) in [5.41, 5.74) is 6.52. The normalized spacial score (nSPS) is 10.8. The lowest BCUT2D eigenvalue weighted by molar-refractivity contribution is 0.392. The highest BCUT2D eigenvalue weighted by Gasteiger charge is 2.11. The summed E-state index contributed by atoms with van der Waals surface area (Å²) >= 11 is 1.58. The van der Waals surface area contributed by atoms with Crippen LogP contribution in [0.3, 0.4) is 0 Å². The van der Waals surface area contributed by atoms with E-state index in [1.165, 1.54) is 0 Å². The van der Waals surface area contributed by atoms with E-state index < -0.39 is 0 Å². The maximum absolute atomic E-state index is 5.95. The molecule has 0 amide bonds. The van der Waals surface area contributed by atoms with E-state index in [4.69, 9.17) is 10.5 Å². The number of hydrogen-bond donors (Lipinski definition) is 1. The minimum Gasteiger partial charge on any atom is -0.480 e. The molecule has 0 fully saturated rings. The topological polar surface area (TPSA) is 86.8 Å². The molecule has 6 nitrogen and oxygen atoms in total. The fraction of sp³-hybridized carbons (Fsp3) is 0.167. The van der Waals surface area contributed by atoms with Crippen LogP contribution < -0.4 is 10.5 Å². The molecule has 0 aliphatic heterocycles. The second-order valence-corrected chi connectivity index (χ2v) is 5.20. The molecular weight excluding hydrogens is 262 g/mol. The summed E-state index contributed by atoms with van der Waals surface area (Å²) in [6.07, 6.45) is 0. The lowest BCUT2D eigenvalue weighted by Gasteiger charge is -2.02. The van der Waals surface area contributed by atoms with Crippen LogP contribution in [0.15, 0.2) is 18.2 Å². The minimum atomic E-state index is 0.449. The third-order valence-corrected chi connectivity index (χ3v) is 3.57. The van der Waals surface area contributed by atoms with Crippen molar-refractivity contribution in [3.8, 4) is 17.4 Å². The molecule has 0 saturated carbocycles. The van der Waals surface area contributed by atoms with Crippen LogP contribution in [0.25, 0.3) is 21.7 Å². The largest absolute Gasteiger partial charge is 0.480 e. The number of nitrogens with two attached hydrogens (primary N) is 1. The molecule has 0 radical (unpaired) electrons. The number of rotatable bonds is 2. The Kier molecular flexibility index (Phi) is 2.75. The average Bonchev–Trinajstić information content (AvgIpc) is 2.80. The summed E-state index contributed by atoms with van der Waals surface area (Å²) in [4.78, 5) is 10.7. The van der Waals surface area contributed by atoms with Crippen LogP contribution in [0, 0.1) is 6.92 Å². The molecule has 3 heterocycles.